The number of benzene rings is 1. The molecule has 0 bridgehead atoms. The third-order valence-electron chi connectivity index (χ3n) is 3.20. The van der Waals surface area contributed by atoms with Crippen LogP contribution in [0, 0.1) is 5.92 Å². The minimum absolute atomic E-state index is 0.228. The molecule has 0 fully saturated rings. The highest BCUT2D eigenvalue weighted by atomic mass is 32.2. The van der Waals surface area contributed by atoms with E-state index in [1.165, 1.54) is 0 Å². The number of nitrogens with one attached hydrogen (secondary N) is 1. The summed E-state index contributed by atoms with van der Waals surface area (Å²) < 4.78 is 27.0. The summed E-state index contributed by atoms with van der Waals surface area (Å²) >= 11 is 0. The Morgan fingerprint density at radius 1 is 1.26 bits per heavy atom. The lowest BCUT2D eigenvalue weighted by Crippen LogP contribution is -2.45. The zero-order valence-electron chi connectivity index (χ0n) is 13.1. The second kappa shape index (κ2) is 8.64. The molecule has 128 valence electrons. The molecule has 8 heteroatoms. The molecule has 0 aliphatic carbocycles. The molecule has 1 rings (SSSR count). The molecule has 0 spiro atoms. The Bertz CT molecular complexity index is 629. The smallest absolute Gasteiger partial charge is 0.326 e. The molecule has 1 aromatic carbocycles. The molecule has 0 saturated carbocycles. The average Bonchev–Trinajstić information content (AvgIpc) is 2.48. The van der Waals surface area contributed by atoms with Gasteiger partial charge in [-0.1, -0.05) is 37.3 Å². The summed E-state index contributed by atoms with van der Waals surface area (Å²) in [6.07, 6.45) is 1.38. The highest BCUT2D eigenvalue weighted by Gasteiger charge is 2.25. The summed E-state index contributed by atoms with van der Waals surface area (Å²) in [5.41, 5.74) is 0.827. The minimum Gasteiger partial charge on any atom is -0.480 e. The van der Waals surface area contributed by atoms with Crippen LogP contribution in [-0.4, -0.2) is 44.3 Å². The van der Waals surface area contributed by atoms with Crippen LogP contribution in [0.3, 0.4) is 0 Å². The zero-order chi connectivity index (χ0) is 17.5. The van der Waals surface area contributed by atoms with E-state index in [9.17, 15) is 18.0 Å². The predicted molar refractivity (Wildman–Crippen MR) is 84.3 cm³/mol. The lowest BCUT2D eigenvalue weighted by molar-refractivity contribution is -0.142. The maximum absolute atomic E-state index is 12.3. The van der Waals surface area contributed by atoms with Gasteiger partial charge in [0.2, 0.25) is 5.91 Å². The minimum atomic E-state index is -3.69. The Balaban J connectivity index is 2.84. The quantitative estimate of drug-likeness (QED) is 0.642. The van der Waals surface area contributed by atoms with Gasteiger partial charge in [0.05, 0.1) is 18.8 Å². The summed E-state index contributed by atoms with van der Waals surface area (Å²) in [6.45, 7) is 1.30. The molecular formula is C15H21NO6S. The van der Waals surface area contributed by atoms with Gasteiger partial charge >= 0.3 is 5.97 Å². The summed E-state index contributed by atoms with van der Waals surface area (Å²) in [5.74, 6) is -2.49. The number of hydrogen-bond donors (Lipinski definition) is 2. The van der Waals surface area contributed by atoms with Crippen molar-refractivity contribution in [3.8, 4) is 0 Å². The van der Waals surface area contributed by atoms with Crippen LogP contribution in [0.5, 0.6) is 0 Å². The van der Waals surface area contributed by atoms with Crippen molar-refractivity contribution in [2.45, 2.75) is 25.8 Å². The topological polar surface area (TPSA) is 110 Å². The van der Waals surface area contributed by atoms with Crippen LogP contribution in [0.15, 0.2) is 30.3 Å². The van der Waals surface area contributed by atoms with Gasteiger partial charge in [0.1, 0.15) is 6.04 Å². The monoisotopic (exact) mass is 343 g/mol. The molecule has 0 radical (unpaired) electrons. The van der Waals surface area contributed by atoms with E-state index < -0.39 is 34.0 Å². The van der Waals surface area contributed by atoms with E-state index in [4.69, 9.17) is 9.29 Å². The van der Waals surface area contributed by atoms with Crippen LogP contribution in [0.4, 0.5) is 0 Å². The fourth-order valence-corrected chi connectivity index (χ4v) is 2.37. The number of aliphatic carboxylic acids is 1. The summed E-state index contributed by atoms with van der Waals surface area (Å²) in [7, 11) is -3.69. The highest BCUT2D eigenvalue weighted by molar-refractivity contribution is 7.85. The van der Waals surface area contributed by atoms with Gasteiger partial charge in [-0.25, -0.2) is 4.79 Å². The van der Waals surface area contributed by atoms with E-state index in [1.807, 2.05) is 6.07 Å². The van der Waals surface area contributed by atoms with E-state index in [0.29, 0.717) is 0 Å². The van der Waals surface area contributed by atoms with E-state index in [-0.39, 0.29) is 19.4 Å². The molecule has 0 saturated heterocycles. The molecule has 0 aliphatic rings. The fraction of sp³-hybridized carbons (Fsp3) is 0.467. The Hall–Kier alpha value is -1.93. The predicted octanol–water partition coefficient (Wildman–Crippen LogP) is 0.801. The number of carbonyl (C=O) groups excluding carboxylic acids is 1. The van der Waals surface area contributed by atoms with Gasteiger partial charge < -0.3 is 10.4 Å². The Morgan fingerprint density at radius 2 is 1.87 bits per heavy atom. The van der Waals surface area contributed by atoms with Crippen molar-refractivity contribution in [1.82, 2.24) is 5.32 Å². The Morgan fingerprint density at radius 3 is 2.35 bits per heavy atom. The van der Waals surface area contributed by atoms with E-state index in [0.717, 1.165) is 11.8 Å². The van der Waals surface area contributed by atoms with Crippen molar-refractivity contribution in [3.63, 3.8) is 0 Å². The highest BCUT2D eigenvalue weighted by Crippen LogP contribution is 2.11. The van der Waals surface area contributed by atoms with Crippen molar-refractivity contribution in [2.75, 3.05) is 12.9 Å². The third kappa shape index (κ3) is 7.25. The van der Waals surface area contributed by atoms with E-state index >= 15 is 0 Å². The van der Waals surface area contributed by atoms with Gasteiger partial charge in [-0.2, -0.15) is 8.42 Å². The number of carboxylic acids is 1. The summed E-state index contributed by atoms with van der Waals surface area (Å²) in [4.78, 5) is 23.3. The van der Waals surface area contributed by atoms with Crippen molar-refractivity contribution >= 4 is 22.0 Å². The van der Waals surface area contributed by atoms with Gasteiger partial charge in [-0.15, -0.1) is 0 Å². The lowest BCUT2D eigenvalue weighted by atomic mass is 9.99. The lowest BCUT2D eigenvalue weighted by Gasteiger charge is -2.19. The number of carboxylic acid groups (broad SMARTS) is 1. The summed E-state index contributed by atoms with van der Waals surface area (Å²) in [6, 6.07) is 8.01. The molecule has 2 N–H and O–H groups in total. The standard InChI is InChI=1S/C15H21NO6S/c1-3-13(15(18)19)16-14(17)12(10-22-23(2,20)21)9-11-7-5-4-6-8-11/h4-8,12-13H,3,9-10H2,1-2H3,(H,16,17)(H,18,19). The normalized spacial score (nSPS) is 14.0. The molecule has 0 aromatic heterocycles. The first-order chi connectivity index (χ1) is 10.7. The van der Waals surface area contributed by atoms with E-state index in [2.05, 4.69) is 5.32 Å². The van der Waals surface area contributed by atoms with Crippen LogP contribution in [0.1, 0.15) is 18.9 Å². The number of amides is 1. The van der Waals surface area contributed by atoms with Gasteiger partial charge in [-0.05, 0) is 18.4 Å². The van der Waals surface area contributed by atoms with Crippen LogP contribution >= 0.6 is 0 Å². The molecule has 0 aliphatic heterocycles. The number of hydrogen-bond acceptors (Lipinski definition) is 5. The van der Waals surface area contributed by atoms with Crippen molar-refractivity contribution in [1.29, 1.82) is 0 Å². The maximum atomic E-state index is 12.3. The largest absolute Gasteiger partial charge is 0.480 e. The SMILES string of the molecule is CCC(NC(=O)C(COS(C)(=O)=O)Cc1ccccc1)C(=O)O. The first-order valence-electron chi connectivity index (χ1n) is 7.14. The van der Waals surface area contributed by atoms with Gasteiger partial charge in [-0.3, -0.25) is 8.98 Å². The molecule has 23 heavy (non-hydrogen) atoms. The molecule has 7 nitrogen and oxygen atoms in total. The maximum Gasteiger partial charge on any atom is 0.326 e. The average molecular weight is 343 g/mol. The zero-order valence-corrected chi connectivity index (χ0v) is 13.9. The Kier molecular flexibility index (Phi) is 7.18. The molecule has 1 amide bonds. The molecule has 0 heterocycles. The number of carbonyl (C=O) groups is 2. The van der Waals surface area contributed by atoms with Crippen molar-refractivity contribution < 1.29 is 27.3 Å². The van der Waals surface area contributed by atoms with Crippen LogP contribution in [-0.2, 0) is 30.3 Å². The number of rotatable bonds is 9. The van der Waals surface area contributed by atoms with E-state index in [1.54, 1.807) is 31.2 Å². The first kappa shape index (κ1) is 19.1. The first-order valence-corrected chi connectivity index (χ1v) is 8.96. The van der Waals surface area contributed by atoms with Crippen LogP contribution < -0.4 is 5.32 Å². The van der Waals surface area contributed by atoms with Crippen LogP contribution in [0.2, 0.25) is 0 Å². The second-order valence-electron chi connectivity index (χ2n) is 5.18. The third-order valence-corrected chi connectivity index (χ3v) is 3.77. The molecule has 2 atom stereocenters. The van der Waals surface area contributed by atoms with Gasteiger partial charge in [0.25, 0.3) is 10.1 Å². The van der Waals surface area contributed by atoms with Crippen LogP contribution in [0.25, 0.3) is 0 Å². The summed E-state index contributed by atoms with van der Waals surface area (Å²) in [5, 5.41) is 11.4. The van der Waals surface area contributed by atoms with Crippen molar-refractivity contribution in [3.05, 3.63) is 35.9 Å². The molecular weight excluding hydrogens is 322 g/mol. The van der Waals surface area contributed by atoms with Crippen molar-refractivity contribution in [2.24, 2.45) is 5.92 Å². The van der Waals surface area contributed by atoms with Gasteiger partial charge in [0.15, 0.2) is 0 Å². The second-order valence-corrected chi connectivity index (χ2v) is 6.83. The fourth-order valence-electron chi connectivity index (χ4n) is 1.96. The van der Waals surface area contributed by atoms with Gasteiger partial charge in [0, 0.05) is 0 Å². The molecule has 1 aromatic rings. The Labute approximate surface area is 135 Å². The molecule has 2 unspecified atom stereocenters.